The maximum absolute atomic E-state index is 10.8. The number of pyridine rings is 1. The van der Waals surface area contributed by atoms with Crippen LogP contribution in [0.2, 0.25) is 0 Å². The summed E-state index contributed by atoms with van der Waals surface area (Å²) in [7, 11) is 0. The fourth-order valence-corrected chi connectivity index (χ4v) is 4.38. The maximum Gasteiger partial charge on any atom is 0.166 e. The second kappa shape index (κ2) is 7.18. The van der Waals surface area contributed by atoms with Crippen molar-refractivity contribution in [2.24, 2.45) is 4.99 Å². The quantitative estimate of drug-likeness (QED) is 0.885. The predicted octanol–water partition coefficient (Wildman–Crippen LogP) is 4.43. The van der Waals surface area contributed by atoms with E-state index in [9.17, 15) is 5.11 Å². The molecule has 1 fully saturated rings. The fourth-order valence-electron chi connectivity index (χ4n) is 3.08. The van der Waals surface area contributed by atoms with E-state index in [-0.39, 0.29) is 6.04 Å². The van der Waals surface area contributed by atoms with Gasteiger partial charge in [0.1, 0.15) is 0 Å². The number of aliphatic hydroxyl groups excluding tert-OH is 1. The molecule has 1 aliphatic rings. The van der Waals surface area contributed by atoms with Crippen LogP contribution < -0.4 is 0 Å². The zero-order chi connectivity index (χ0) is 18.1. The van der Waals surface area contributed by atoms with Gasteiger partial charge < -0.3 is 10.0 Å². The van der Waals surface area contributed by atoms with Crippen LogP contribution in [0.4, 0.5) is 0 Å². The molecule has 0 saturated carbocycles. The van der Waals surface area contributed by atoms with Crippen molar-refractivity contribution in [2.75, 3.05) is 6.54 Å². The first-order chi connectivity index (χ1) is 11.9. The number of fused-ring (bicyclic) bond motifs is 1. The van der Waals surface area contributed by atoms with Gasteiger partial charge in [0.15, 0.2) is 11.4 Å². The Kier molecular flexibility index (Phi) is 5.16. The van der Waals surface area contributed by atoms with Crippen LogP contribution in [0, 0.1) is 6.92 Å². The van der Waals surface area contributed by atoms with Gasteiger partial charge in [0.05, 0.1) is 5.52 Å². The Labute approximate surface area is 153 Å². The van der Waals surface area contributed by atoms with Crippen molar-refractivity contribution in [3.05, 3.63) is 46.5 Å². The molecule has 1 aliphatic heterocycles. The van der Waals surface area contributed by atoms with Crippen LogP contribution in [0.15, 0.2) is 40.2 Å². The molecule has 2 aromatic rings. The number of hydrogen-bond acceptors (Lipinski definition) is 4. The van der Waals surface area contributed by atoms with Gasteiger partial charge >= 0.3 is 0 Å². The van der Waals surface area contributed by atoms with Gasteiger partial charge in [0.2, 0.25) is 0 Å². The van der Waals surface area contributed by atoms with Gasteiger partial charge in [0, 0.05) is 34.1 Å². The van der Waals surface area contributed by atoms with Gasteiger partial charge in [0.25, 0.3) is 0 Å². The zero-order valence-corrected chi connectivity index (χ0v) is 16.3. The molecule has 5 heteroatoms. The first-order valence-electron chi connectivity index (χ1n) is 8.70. The van der Waals surface area contributed by atoms with Crippen LogP contribution in [0.25, 0.3) is 16.5 Å². The van der Waals surface area contributed by atoms with Crippen LogP contribution in [-0.4, -0.2) is 39.0 Å². The Morgan fingerprint density at radius 3 is 2.76 bits per heavy atom. The van der Waals surface area contributed by atoms with E-state index in [0.717, 1.165) is 44.4 Å². The lowest BCUT2D eigenvalue weighted by Crippen LogP contribution is -2.33. The second-order valence-electron chi connectivity index (χ2n) is 6.57. The minimum Gasteiger partial charge on any atom is -0.369 e. The molecule has 25 heavy (non-hydrogen) atoms. The van der Waals surface area contributed by atoms with E-state index >= 15 is 0 Å². The zero-order valence-electron chi connectivity index (χ0n) is 15.4. The molecule has 3 rings (SSSR count). The molecule has 1 aromatic heterocycles. The van der Waals surface area contributed by atoms with Crippen molar-refractivity contribution < 1.29 is 5.11 Å². The van der Waals surface area contributed by atoms with Crippen LogP contribution in [0.3, 0.4) is 0 Å². The lowest BCUT2D eigenvalue weighted by molar-refractivity contribution is 0.104. The number of aromatic nitrogens is 1. The van der Waals surface area contributed by atoms with E-state index in [0.29, 0.717) is 0 Å². The molecule has 0 bridgehead atoms. The van der Waals surface area contributed by atoms with Crippen molar-refractivity contribution in [3.63, 3.8) is 0 Å². The number of allylic oxidation sites excluding steroid dienone is 1. The number of hydrogen-bond donors (Lipinski definition) is 1. The number of amidine groups is 1. The third-order valence-corrected chi connectivity index (χ3v) is 5.63. The van der Waals surface area contributed by atoms with Gasteiger partial charge in [-0.3, -0.25) is 9.98 Å². The molecule has 1 N–H and O–H groups in total. The Morgan fingerprint density at radius 2 is 2.08 bits per heavy atom. The highest BCUT2D eigenvalue weighted by Gasteiger charge is 2.34. The number of aliphatic hydroxyl groups is 1. The fraction of sp³-hybridized carbons (Fsp3) is 0.400. The Balaban J connectivity index is 2.09. The summed E-state index contributed by atoms with van der Waals surface area (Å²) in [6.07, 6.45) is -0.640. The van der Waals surface area contributed by atoms with Gasteiger partial charge in [-0.1, -0.05) is 30.0 Å². The number of para-hydroxylation sites is 1. The first kappa shape index (κ1) is 18.0. The maximum atomic E-state index is 10.8. The smallest absolute Gasteiger partial charge is 0.166 e. The van der Waals surface area contributed by atoms with Gasteiger partial charge in [-0.2, -0.15) is 0 Å². The molecular formula is C20H25N3OS. The second-order valence-corrected chi connectivity index (χ2v) is 7.58. The number of rotatable bonds is 3. The summed E-state index contributed by atoms with van der Waals surface area (Å²) >= 11 is 1.57. The van der Waals surface area contributed by atoms with E-state index in [1.807, 2.05) is 36.9 Å². The monoisotopic (exact) mass is 355 g/mol. The van der Waals surface area contributed by atoms with Crippen molar-refractivity contribution in [1.82, 2.24) is 9.88 Å². The molecule has 1 unspecified atom stereocenters. The van der Waals surface area contributed by atoms with Crippen LogP contribution in [0.5, 0.6) is 0 Å². The third-order valence-electron chi connectivity index (χ3n) is 4.37. The van der Waals surface area contributed by atoms with Crippen LogP contribution in [0.1, 0.15) is 39.0 Å². The first-order valence-corrected chi connectivity index (χ1v) is 9.52. The van der Waals surface area contributed by atoms with Crippen LogP contribution >= 0.6 is 11.8 Å². The molecule has 132 valence electrons. The summed E-state index contributed by atoms with van der Waals surface area (Å²) in [6, 6.07) is 10.5. The minimum absolute atomic E-state index is 0.201. The number of aliphatic imine (C=N–C) groups is 1. The Morgan fingerprint density at radius 1 is 1.36 bits per heavy atom. The number of benzene rings is 1. The SMILES string of the molecule is CCN1/C(=N\C(C)C)S/C(=C(\C)c2cc3ccccc3nc2C)C1O. The van der Waals surface area contributed by atoms with Gasteiger partial charge in [-0.05, 0) is 52.3 Å². The molecule has 4 nitrogen and oxygen atoms in total. The molecular weight excluding hydrogens is 330 g/mol. The van der Waals surface area contributed by atoms with E-state index in [1.165, 1.54) is 0 Å². The highest BCUT2D eigenvalue weighted by Crippen LogP contribution is 2.40. The topological polar surface area (TPSA) is 48.7 Å². The van der Waals surface area contributed by atoms with E-state index < -0.39 is 6.23 Å². The summed E-state index contributed by atoms with van der Waals surface area (Å²) in [4.78, 5) is 12.3. The summed E-state index contributed by atoms with van der Waals surface area (Å²) in [5.74, 6) is 0. The third kappa shape index (κ3) is 3.44. The molecule has 2 heterocycles. The summed E-state index contributed by atoms with van der Waals surface area (Å²) in [5.41, 5.74) is 4.13. The molecule has 0 aliphatic carbocycles. The Hall–Kier alpha value is -1.85. The van der Waals surface area contributed by atoms with E-state index in [4.69, 9.17) is 4.98 Å². The summed E-state index contributed by atoms with van der Waals surface area (Å²) in [6.45, 7) is 11.0. The Bertz CT molecular complexity index is 857. The average molecular weight is 356 g/mol. The highest BCUT2D eigenvalue weighted by molar-refractivity contribution is 8.17. The van der Waals surface area contributed by atoms with Crippen molar-refractivity contribution >= 4 is 33.4 Å². The molecule has 0 radical (unpaired) electrons. The van der Waals surface area contributed by atoms with Crippen molar-refractivity contribution in [2.45, 2.75) is 46.9 Å². The molecule has 1 saturated heterocycles. The van der Waals surface area contributed by atoms with E-state index in [2.05, 4.69) is 37.9 Å². The number of likely N-dealkylation sites (N-methyl/N-ethyl adjacent to an activating group) is 1. The van der Waals surface area contributed by atoms with Gasteiger partial charge in [-0.15, -0.1) is 0 Å². The highest BCUT2D eigenvalue weighted by atomic mass is 32.2. The molecule has 0 spiro atoms. The normalized spacial score (nSPS) is 21.6. The van der Waals surface area contributed by atoms with E-state index in [1.54, 1.807) is 11.8 Å². The van der Waals surface area contributed by atoms with Crippen molar-refractivity contribution in [1.29, 1.82) is 0 Å². The number of thioether (sulfide) groups is 1. The molecule has 1 atom stereocenters. The molecule has 0 amide bonds. The lowest BCUT2D eigenvalue weighted by Gasteiger charge is -2.21. The predicted molar refractivity (Wildman–Crippen MR) is 108 cm³/mol. The number of aryl methyl sites for hydroxylation is 1. The van der Waals surface area contributed by atoms with Gasteiger partial charge in [-0.25, -0.2) is 0 Å². The number of nitrogens with zero attached hydrogens (tertiary/aromatic N) is 3. The van der Waals surface area contributed by atoms with Crippen molar-refractivity contribution in [3.8, 4) is 0 Å². The summed E-state index contributed by atoms with van der Waals surface area (Å²) in [5, 5.41) is 12.8. The summed E-state index contributed by atoms with van der Waals surface area (Å²) < 4.78 is 0. The standard InChI is InChI=1S/C20H25N3OS/c1-6-23-19(24)18(25-20(23)21-12(2)3)13(4)16-11-15-9-7-8-10-17(15)22-14(16)5/h7-12,19,24H,6H2,1-5H3/b18-13+,21-20+. The largest absolute Gasteiger partial charge is 0.369 e. The minimum atomic E-state index is -0.640. The molecule has 1 aromatic carbocycles. The lowest BCUT2D eigenvalue weighted by atomic mass is 10.0. The van der Waals surface area contributed by atoms with Crippen LogP contribution in [-0.2, 0) is 0 Å². The average Bonchev–Trinajstić information content (AvgIpc) is 2.88.